The molecule has 0 radical (unpaired) electrons. The molecule has 0 aromatic heterocycles. The number of nitriles is 1. The van der Waals surface area contributed by atoms with Crippen molar-refractivity contribution >= 4 is 59.0 Å². The molecule has 0 atom stereocenters. The number of rotatable bonds is 0. The van der Waals surface area contributed by atoms with E-state index in [9.17, 15) is 5.26 Å². The lowest BCUT2D eigenvalue weighted by Crippen LogP contribution is -1.85. The van der Waals surface area contributed by atoms with Gasteiger partial charge >= 0.3 is 0 Å². The second-order valence-electron chi connectivity index (χ2n) is 6.31. The quantitative estimate of drug-likeness (QED) is 0.266. The van der Waals surface area contributed by atoms with Crippen LogP contribution in [0, 0.1) is 11.3 Å². The van der Waals surface area contributed by atoms with Gasteiger partial charge in [0.15, 0.2) is 0 Å². The predicted octanol–water partition coefficient (Wildman–Crippen LogP) is 6.93. The van der Waals surface area contributed by atoms with Crippen molar-refractivity contribution in [2.45, 2.75) is 0 Å². The third-order valence-electron chi connectivity index (χ3n) is 4.89. The van der Waals surface area contributed by atoms with E-state index in [0.29, 0.717) is 5.56 Å². The number of hydrogen-bond donors (Lipinski definition) is 0. The number of benzene rings is 5. The minimum atomic E-state index is 0.693. The lowest BCUT2D eigenvalue weighted by molar-refractivity contribution is 1.50. The standard InChI is InChI=1S/C23H12BrN/c24-19-10-9-16-4-6-18-8-7-17-5-3-15-2-1-14(13-25)11-20(15)22(17)23(18)21(16)12-19/h1-12H. The highest BCUT2D eigenvalue weighted by atomic mass is 79.9. The largest absolute Gasteiger partial charge is 0.192 e. The normalized spacial score (nSPS) is 11.4. The Balaban J connectivity index is 2.14. The van der Waals surface area contributed by atoms with Gasteiger partial charge in [-0.3, -0.25) is 0 Å². The molecular formula is C23H12BrN. The Morgan fingerprint density at radius 1 is 0.600 bits per heavy atom. The van der Waals surface area contributed by atoms with Gasteiger partial charge in [-0.25, -0.2) is 0 Å². The van der Waals surface area contributed by atoms with Gasteiger partial charge in [0.05, 0.1) is 11.6 Å². The first-order valence-electron chi connectivity index (χ1n) is 8.12. The summed E-state index contributed by atoms with van der Waals surface area (Å²) in [6.45, 7) is 0. The van der Waals surface area contributed by atoms with E-state index in [0.717, 1.165) is 15.2 Å². The van der Waals surface area contributed by atoms with Crippen LogP contribution in [-0.4, -0.2) is 0 Å². The van der Waals surface area contributed by atoms with Crippen LogP contribution in [0.4, 0.5) is 0 Å². The molecular weight excluding hydrogens is 370 g/mol. The molecule has 0 N–H and O–H groups in total. The lowest BCUT2D eigenvalue weighted by atomic mass is 9.92. The van der Waals surface area contributed by atoms with Gasteiger partial charge in [0, 0.05) is 4.47 Å². The zero-order valence-electron chi connectivity index (χ0n) is 13.3. The number of nitrogens with zero attached hydrogens (tertiary/aromatic N) is 1. The van der Waals surface area contributed by atoms with Gasteiger partial charge < -0.3 is 0 Å². The SMILES string of the molecule is N#Cc1ccc2ccc3ccc4ccc5ccc(Br)cc5c4c3c2c1. The molecule has 0 unspecified atom stereocenters. The molecule has 0 amide bonds. The monoisotopic (exact) mass is 381 g/mol. The minimum Gasteiger partial charge on any atom is -0.192 e. The summed E-state index contributed by atoms with van der Waals surface area (Å²) >= 11 is 3.61. The molecule has 0 aliphatic rings. The van der Waals surface area contributed by atoms with Gasteiger partial charge in [0.1, 0.15) is 0 Å². The maximum absolute atomic E-state index is 9.33. The van der Waals surface area contributed by atoms with E-state index in [-0.39, 0.29) is 0 Å². The first-order valence-corrected chi connectivity index (χ1v) is 8.91. The van der Waals surface area contributed by atoms with Crippen molar-refractivity contribution in [3.8, 4) is 6.07 Å². The Morgan fingerprint density at radius 2 is 1.08 bits per heavy atom. The molecule has 0 heterocycles. The summed E-state index contributed by atoms with van der Waals surface area (Å²) in [5.41, 5.74) is 0.693. The Morgan fingerprint density at radius 3 is 1.68 bits per heavy atom. The van der Waals surface area contributed by atoms with Gasteiger partial charge in [-0.15, -0.1) is 0 Å². The van der Waals surface area contributed by atoms with E-state index in [1.54, 1.807) is 0 Å². The molecule has 0 aliphatic carbocycles. The van der Waals surface area contributed by atoms with Gasteiger partial charge in [-0.2, -0.15) is 5.26 Å². The molecule has 1 nitrogen and oxygen atoms in total. The van der Waals surface area contributed by atoms with Crippen molar-refractivity contribution in [3.05, 3.63) is 82.8 Å². The van der Waals surface area contributed by atoms with Crippen molar-refractivity contribution < 1.29 is 0 Å². The molecule has 0 bridgehead atoms. The van der Waals surface area contributed by atoms with Gasteiger partial charge in [0.25, 0.3) is 0 Å². The van der Waals surface area contributed by atoms with Crippen LogP contribution in [0.15, 0.2) is 77.3 Å². The van der Waals surface area contributed by atoms with Crippen molar-refractivity contribution in [1.82, 2.24) is 0 Å². The topological polar surface area (TPSA) is 23.8 Å². The lowest BCUT2D eigenvalue weighted by Gasteiger charge is -2.11. The Labute approximate surface area is 153 Å². The van der Waals surface area contributed by atoms with E-state index >= 15 is 0 Å². The molecule has 25 heavy (non-hydrogen) atoms. The predicted molar refractivity (Wildman–Crippen MR) is 109 cm³/mol. The van der Waals surface area contributed by atoms with Crippen LogP contribution in [0.2, 0.25) is 0 Å². The van der Waals surface area contributed by atoms with Crippen molar-refractivity contribution in [1.29, 1.82) is 5.26 Å². The summed E-state index contributed by atoms with van der Waals surface area (Å²) in [6.07, 6.45) is 0. The van der Waals surface area contributed by atoms with E-state index in [4.69, 9.17) is 0 Å². The van der Waals surface area contributed by atoms with Crippen LogP contribution in [-0.2, 0) is 0 Å². The second-order valence-corrected chi connectivity index (χ2v) is 7.22. The maximum Gasteiger partial charge on any atom is 0.0991 e. The average Bonchev–Trinajstić information content (AvgIpc) is 2.66. The first kappa shape index (κ1) is 14.5. The molecule has 0 spiro atoms. The molecule has 0 saturated heterocycles. The van der Waals surface area contributed by atoms with Crippen LogP contribution in [0.25, 0.3) is 43.1 Å². The zero-order valence-corrected chi connectivity index (χ0v) is 14.8. The highest BCUT2D eigenvalue weighted by Crippen LogP contribution is 2.37. The van der Waals surface area contributed by atoms with Crippen molar-refractivity contribution in [2.24, 2.45) is 0 Å². The van der Waals surface area contributed by atoms with Gasteiger partial charge in [-0.1, -0.05) is 64.5 Å². The first-order chi connectivity index (χ1) is 12.2. The van der Waals surface area contributed by atoms with Crippen LogP contribution in [0.3, 0.4) is 0 Å². The summed E-state index contributed by atoms with van der Waals surface area (Å²) in [5, 5.41) is 19.0. The number of fused-ring (bicyclic) bond motifs is 7. The van der Waals surface area contributed by atoms with Crippen LogP contribution >= 0.6 is 15.9 Å². The third-order valence-corrected chi connectivity index (χ3v) is 5.38. The summed E-state index contributed by atoms with van der Waals surface area (Å²) < 4.78 is 1.07. The fourth-order valence-corrected chi connectivity index (χ4v) is 4.09. The molecule has 0 fully saturated rings. The van der Waals surface area contributed by atoms with Crippen LogP contribution in [0.1, 0.15) is 5.56 Å². The fraction of sp³-hybridized carbons (Fsp3) is 0. The summed E-state index contributed by atoms with van der Waals surface area (Å²) in [5.74, 6) is 0. The minimum absolute atomic E-state index is 0.693. The van der Waals surface area contributed by atoms with E-state index in [1.807, 2.05) is 18.2 Å². The Hall–Kier alpha value is -2.89. The fourth-order valence-electron chi connectivity index (χ4n) is 3.73. The molecule has 5 aromatic carbocycles. The molecule has 0 aliphatic heterocycles. The van der Waals surface area contributed by atoms with Gasteiger partial charge in [-0.05, 0) is 67.4 Å². The molecule has 5 rings (SSSR count). The Kier molecular flexibility index (Phi) is 3.07. The average molecular weight is 382 g/mol. The van der Waals surface area contributed by atoms with Crippen molar-refractivity contribution in [2.75, 3.05) is 0 Å². The summed E-state index contributed by atoms with van der Waals surface area (Å²) in [6, 6.07) is 27.6. The molecule has 2 heteroatoms. The zero-order chi connectivity index (χ0) is 17.0. The van der Waals surface area contributed by atoms with Crippen molar-refractivity contribution in [3.63, 3.8) is 0 Å². The summed E-state index contributed by atoms with van der Waals surface area (Å²) in [7, 11) is 0. The molecule has 5 aromatic rings. The Bertz CT molecular complexity index is 1350. The number of halogens is 1. The van der Waals surface area contributed by atoms with Crippen LogP contribution in [0.5, 0.6) is 0 Å². The van der Waals surface area contributed by atoms with Gasteiger partial charge in [0.2, 0.25) is 0 Å². The van der Waals surface area contributed by atoms with E-state index in [2.05, 4.69) is 76.6 Å². The van der Waals surface area contributed by atoms with Crippen LogP contribution < -0.4 is 0 Å². The smallest absolute Gasteiger partial charge is 0.0991 e. The summed E-state index contributed by atoms with van der Waals surface area (Å²) in [4.78, 5) is 0. The van der Waals surface area contributed by atoms with E-state index < -0.39 is 0 Å². The third kappa shape index (κ3) is 2.13. The maximum atomic E-state index is 9.33. The second kappa shape index (κ2) is 5.31. The van der Waals surface area contributed by atoms with E-state index in [1.165, 1.54) is 32.3 Å². The molecule has 0 saturated carbocycles. The number of hydrogen-bond acceptors (Lipinski definition) is 1. The molecule has 116 valence electrons. The highest BCUT2D eigenvalue weighted by molar-refractivity contribution is 9.10. The highest BCUT2D eigenvalue weighted by Gasteiger charge is 2.10.